The quantitative estimate of drug-likeness (QED) is 0.482. The molecule has 184 valence electrons. The summed E-state index contributed by atoms with van der Waals surface area (Å²) in [5, 5.41) is 16.0. The highest BCUT2D eigenvalue weighted by Gasteiger charge is 2.55. The third-order valence-corrected chi connectivity index (χ3v) is 6.95. The monoisotopic (exact) mass is 512 g/mol. The van der Waals surface area contributed by atoms with Crippen LogP contribution < -0.4 is 4.90 Å². The summed E-state index contributed by atoms with van der Waals surface area (Å²) in [6.07, 6.45) is 0.551. The fourth-order valence-corrected chi connectivity index (χ4v) is 5.02. The van der Waals surface area contributed by atoms with Gasteiger partial charge in [-0.25, -0.2) is 9.91 Å². The van der Waals surface area contributed by atoms with Gasteiger partial charge in [0.2, 0.25) is 0 Å². The van der Waals surface area contributed by atoms with Gasteiger partial charge < -0.3 is 0 Å². The Hall–Kier alpha value is -4.37. The van der Waals surface area contributed by atoms with Crippen LogP contribution in [0.1, 0.15) is 23.6 Å². The van der Waals surface area contributed by atoms with Gasteiger partial charge >= 0.3 is 0 Å². The van der Waals surface area contributed by atoms with Crippen LogP contribution in [-0.2, 0) is 14.4 Å². The van der Waals surface area contributed by atoms with Crippen LogP contribution in [0.25, 0.3) is 0 Å². The number of carbonyl (C=O) groups excluding carboxylic acids is 3. The fraction of sp³-hybridized carbons (Fsp3) is 0.185. The molecule has 3 heterocycles. The van der Waals surface area contributed by atoms with Crippen molar-refractivity contribution in [3.8, 4) is 0 Å². The third kappa shape index (κ3) is 4.07. The number of rotatable bonds is 5. The molecule has 9 nitrogen and oxygen atoms in total. The molecule has 3 aromatic carbocycles. The Morgan fingerprint density at radius 2 is 1.57 bits per heavy atom. The molecule has 0 radical (unpaired) electrons. The minimum absolute atomic E-state index is 0.243. The Morgan fingerprint density at radius 3 is 2.27 bits per heavy atom. The lowest BCUT2D eigenvalue weighted by molar-refractivity contribution is -0.135. The summed E-state index contributed by atoms with van der Waals surface area (Å²) in [5.74, 6) is -1.31. The van der Waals surface area contributed by atoms with Crippen molar-refractivity contribution in [1.29, 1.82) is 0 Å². The summed E-state index contributed by atoms with van der Waals surface area (Å²) in [6.45, 7) is -0.243. The second kappa shape index (κ2) is 9.25. The first-order valence-corrected chi connectivity index (χ1v) is 12.2. The number of benzene rings is 3. The summed E-state index contributed by atoms with van der Waals surface area (Å²) in [5.41, 5.74) is 3.09. The predicted molar refractivity (Wildman–Crippen MR) is 137 cm³/mol. The Balaban J connectivity index is 1.25. The molecule has 1 fully saturated rings. The molecular weight excluding hydrogens is 492 g/mol. The van der Waals surface area contributed by atoms with Gasteiger partial charge in [0.1, 0.15) is 6.54 Å². The van der Waals surface area contributed by atoms with Crippen molar-refractivity contribution >= 4 is 40.7 Å². The lowest BCUT2D eigenvalue weighted by Crippen LogP contribution is -2.44. The number of amides is 3. The van der Waals surface area contributed by atoms with E-state index in [0.29, 0.717) is 17.1 Å². The number of anilines is 1. The molecule has 0 bridgehead atoms. The van der Waals surface area contributed by atoms with Gasteiger partial charge in [0.05, 0.1) is 17.4 Å². The molecule has 3 aromatic rings. The normalized spacial score (nSPS) is 22.6. The van der Waals surface area contributed by atoms with Crippen molar-refractivity contribution in [1.82, 2.24) is 10.0 Å². The van der Waals surface area contributed by atoms with Crippen LogP contribution in [0.15, 0.2) is 100 Å². The van der Waals surface area contributed by atoms with E-state index in [-0.39, 0.29) is 18.5 Å². The third-order valence-electron chi connectivity index (χ3n) is 6.70. The van der Waals surface area contributed by atoms with Gasteiger partial charge in [-0.2, -0.15) is 10.2 Å². The lowest BCUT2D eigenvalue weighted by atomic mass is 9.98. The Kier molecular flexibility index (Phi) is 5.77. The lowest BCUT2D eigenvalue weighted by Gasteiger charge is -2.25. The average molecular weight is 513 g/mol. The van der Waals surface area contributed by atoms with Crippen molar-refractivity contribution < 1.29 is 14.4 Å². The molecule has 3 aliphatic heterocycles. The van der Waals surface area contributed by atoms with Crippen LogP contribution in [0.2, 0.25) is 5.02 Å². The second-order valence-corrected chi connectivity index (χ2v) is 9.40. The maximum Gasteiger partial charge on any atom is 0.264 e. The van der Waals surface area contributed by atoms with E-state index in [1.807, 2.05) is 60.7 Å². The van der Waals surface area contributed by atoms with Crippen LogP contribution in [0, 0.1) is 0 Å². The van der Waals surface area contributed by atoms with E-state index in [9.17, 15) is 14.4 Å². The first kappa shape index (κ1) is 23.1. The topological polar surface area (TPSA) is 98.0 Å². The van der Waals surface area contributed by atoms with Crippen molar-refractivity contribution in [2.45, 2.75) is 24.5 Å². The first-order chi connectivity index (χ1) is 18.0. The molecule has 0 N–H and O–H groups in total. The summed E-state index contributed by atoms with van der Waals surface area (Å²) in [7, 11) is 0. The number of carbonyl (C=O) groups is 3. The maximum absolute atomic E-state index is 13.6. The molecule has 0 aromatic heterocycles. The Bertz CT molecular complexity index is 1430. The van der Waals surface area contributed by atoms with E-state index < -0.39 is 23.9 Å². The number of fused-ring (bicyclic) bond motifs is 1. The molecular formula is C27H21ClN6O3. The zero-order valence-corrected chi connectivity index (χ0v) is 20.3. The summed E-state index contributed by atoms with van der Waals surface area (Å²) in [4.78, 5) is 40.9. The molecule has 0 aliphatic carbocycles. The minimum atomic E-state index is -0.997. The molecule has 6 rings (SSSR count). The van der Waals surface area contributed by atoms with Gasteiger partial charge in [0.25, 0.3) is 17.7 Å². The number of hydrogen-bond acceptors (Lipinski definition) is 7. The van der Waals surface area contributed by atoms with Gasteiger partial charge in [-0.3, -0.25) is 19.4 Å². The van der Waals surface area contributed by atoms with Crippen LogP contribution in [0.3, 0.4) is 0 Å². The van der Waals surface area contributed by atoms with E-state index in [4.69, 9.17) is 11.6 Å². The van der Waals surface area contributed by atoms with Crippen LogP contribution in [0.5, 0.6) is 0 Å². The van der Waals surface area contributed by atoms with Gasteiger partial charge in [-0.1, -0.05) is 77.5 Å². The molecule has 37 heavy (non-hydrogen) atoms. The van der Waals surface area contributed by atoms with E-state index in [1.165, 1.54) is 10.0 Å². The van der Waals surface area contributed by atoms with Gasteiger partial charge in [-0.15, -0.1) is 0 Å². The van der Waals surface area contributed by atoms with Crippen LogP contribution in [-0.4, -0.2) is 52.1 Å². The number of hydrogen-bond donors (Lipinski definition) is 0. The second-order valence-electron chi connectivity index (χ2n) is 8.96. The minimum Gasteiger partial charge on any atom is -0.271 e. The zero-order chi connectivity index (χ0) is 25.5. The first-order valence-electron chi connectivity index (χ1n) is 11.8. The highest BCUT2D eigenvalue weighted by atomic mass is 35.5. The van der Waals surface area contributed by atoms with E-state index >= 15 is 0 Å². The molecule has 10 heteroatoms. The smallest absolute Gasteiger partial charge is 0.264 e. The molecule has 0 saturated carbocycles. The van der Waals surface area contributed by atoms with E-state index in [0.717, 1.165) is 21.7 Å². The Morgan fingerprint density at radius 1 is 0.892 bits per heavy atom. The predicted octanol–water partition coefficient (Wildman–Crippen LogP) is 4.01. The van der Waals surface area contributed by atoms with Crippen molar-refractivity contribution in [2.75, 3.05) is 11.4 Å². The number of imide groups is 1. The molecule has 3 atom stereocenters. The maximum atomic E-state index is 13.6. The highest BCUT2D eigenvalue weighted by Crippen LogP contribution is 2.35. The van der Waals surface area contributed by atoms with E-state index in [2.05, 4.69) is 15.4 Å². The average Bonchev–Trinajstić information content (AvgIpc) is 3.61. The van der Waals surface area contributed by atoms with Crippen LogP contribution in [0.4, 0.5) is 5.69 Å². The molecule has 3 aliphatic rings. The van der Waals surface area contributed by atoms with Gasteiger partial charge in [-0.05, 0) is 35.4 Å². The molecule has 3 amide bonds. The SMILES string of the molecule is O=C1[C@@H]2N=NN(CC(=O)N3N=C(c4ccccc4)C[C@@H]3c3ccccc3)[C@H]2C(=O)N1c1ccc(Cl)cc1. The molecule has 0 spiro atoms. The van der Waals surface area contributed by atoms with Gasteiger partial charge in [0.15, 0.2) is 12.1 Å². The largest absolute Gasteiger partial charge is 0.271 e. The van der Waals surface area contributed by atoms with Crippen molar-refractivity contribution in [3.63, 3.8) is 0 Å². The Labute approximate surface area is 217 Å². The standard InChI is InChI=1S/C27H21ClN6O3/c28-19-11-13-20(14-12-19)33-26(36)24-25(27(33)37)32(31-29-24)16-23(35)34-22(18-9-5-2-6-10-18)15-21(30-34)17-7-3-1-4-8-17/h1-14,22,24-25H,15-16H2/t22-,24-,25-/m1/s1. The van der Waals surface area contributed by atoms with Crippen molar-refractivity contribution in [2.24, 2.45) is 15.4 Å². The summed E-state index contributed by atoms with van der Waals surface area (Å²) < 4.78 is 0. The highest BCUT2D eigenvalue weighted by molar-refractivity contribution is 6.31. The molecule has 1 saturated heterocycles. The zero-order valence-electron chi connectivity index (χ0n) is 19.5. The van der Waals surface area contributed by atoms with Gasteiger partial charge in [0, 0.05) is 11.4 Å². The van der Waals surface area contributed by atoms with Crippen molar-refractivity contribution in [3.05, 3.63) is 101 Å². The van der Waals surface area contributed by atoms with Crippen LogP contribution >= 0.6 is 11.6 Å². The molecule has 0 unspecified atom stereocenters. The number of halogens is 1. The number of nitrogens with zero attached hydrogens (tertiary/aromatic N) is 6. The summed E-state index contributed by atoms with van der Waals surface area (Å²) >= 11 is 5.95. The summed E-state index contributed by atoms with van der Waals surface area (Å²) in [6, 6.07) is 23.5. The number of hydrazone groups is 1. The fourth-order valence-electron chi connectivity index (χ4n) is 4.89. The van der Waals surface area contributed by atoms with E-state index in [1.54, 1.807) is 24.3 Å².